The minimum Gasteiger partial charge on any atom is -0.368 e. The fraction of sp³-hybridized carbons (Fsp3) is 0.708. The number of nitrogens with two attached hydrogens (primary N) is 3. The molecule has 0 rings (SSSR count). The van der Waals surface area contributed by atoms with Gasteiger partial charge < -0.3 is 49.1 Å². The van der Waals surface area contributed by atoms with Gasteiger partial charge in [0, 0.05) is 0 Å². The summed E-state index contributed by atoms with van der Waals surface area (Å²) < 4.78 is 0. The molecule has 12 N–H and O–H groups in total. The third kappa shape index (κ3) is 13.3. The molecular weight excluding hydrogens is 526 g/mol. The molecule has 16 heteroatoms. The molecule has 228 valence electrons. The van der Waals surface area contributed by atoms with Crippen LogP contribution in [-0.2, 0) is 33.6 Å². The summed E-state index contributed by atoms with van der Waals surface area (Å²) in [5.41, 5.74) is 16.3. The van der Waals surface area contributed by atoms with Crippen LogP contribution in [-0.4, -0.2) is 90.2 Å². The van der Waals surface area contributed by atoms with Gasteiger partial charge in [0.05, 0.1) is 6.04 Å². The number of carbonyl (C=O) groups excluding carboxylic acids is 7. The summed E-state index contributed by atoms with van der Waals surface area (Å²) in [6.45, 7) is 8.85. The summed E-state index contributed by atoms with van der Waals surface area (Å²) in [6.07, 6.45) is 1.82. The molecule has 0 saturated carbocycles. The lowest BCUT2D eigenvalue weighted by Gasteiger charge is -2.23. The summed E-state index contributed by atoms with van der Waals surface area (Å²) in [5, 5.41) is 14.5. The second-order valence-electron chi connectivity index (χ2n) is 9.67. The van der Waals surface area contributed by atoms with Crippen LogP contribution in [0.4, 0.5) is 0 Å². The Balaban J connectivity index is 4.70. The highest BCUT2D eigenvalue weighted by Crippen LogP contribution is 1.99. The van der Waals surface area contributed by atoms with E-state index in [9.17, 15) is 33.6 Å². The van der Waals surface area contributed by atoms with Gasteiger partial charge in [0.25, 0.3) is 0 Å². The standard InChI is InChI=1S/C24H45N9O7/c1-11(18(27)34)28-19(35)12(2)29-20(36)13(3)30-21(37)14(4)31-22(38)15(5)32-23(39)16(6)33-24(40)17(26)9-7-8-10-25/h11-17H,7-10,25-26H2,1-6H3,(H2,27,34)(H,28,35)(H,29,36)(H,30,37)(H,31,38)(H,32,39)(H,33,40)/t11-,12-,13-,14-,15-,16-,17-/m0/s1. The zero-order valence-corrected chi connectivity index (χ0v) is 24.0. The van der Waals surface area contributed by atoms with Gasteiger partial charge in [-0.1, -0.05) is 6.42 Å². The van der Waals surface area contributed by atoms with Crippen LogP contribution in [0, 0.1) is 0 Å². The predicted molar refractivity (Wildman–Crippen MR) is 146 cm³/mol. The monoisotopic (exact) mass is 571 g/mol. The molecule has 40 heavy (non-hydrogen) atoms. The zero-order chi connectivity index (χ0) is 31.2. The Labute approximate surface area is 234 Å². The first-order valence-electron chi connectivity index (χ1n) is 13.1. The summed E-state index contributed by atoms with van der Waals surface area (Å²) >= 11 is 0. The molecule has 0 aliphatic carbocycles. The summed E-state index contributed by atoms with van der Waals surface area (Å²) in [5.74, 6) is -4.58. The van der Waals surface area contributed by atoms with Gasteiger partial charge in [0.15, 0.2) is 0 Å². The summed E-state index contributed by atoms with van der Waals surface area (Å²) in [6, 6.07) is -6.92. The zero-order valence-electron chi connectivity index (χ0n) is 24.0. The van der Waals surface area contributed by atoms with Crippen molar-refractivity contribution in [2.45, 2.75) is 103 Å². The number of unbranched alkanes of at least 4 members (excludes halogenated alkanes) is 1. The lowest BCUT2D eigenvalue weighted by molar-refractivity contribution is -0.134. The van der Waals surface area contributed by atoms with Gasteiger partial charge in [0.1, 0.15) is 36.3 Å². The first-order chi connectivity index (χ1) is 18.5. The molecule has 0 saturated heterocycles. The van der Waals surface area contributed by atoms with E-state index in [1.807, 2.05) is 0 Å². The molecule has 0 radical (unpaired) electrons. The van der Waals surface area contributed by atoms with Crippen molar-refractivity contribution in [1.29, 1.82) is 0 Å². The second-order valence-corrected chi connectivity index (χ2v) is 9.67. The Morgan fingerprint density at radius 3 is 1.05 bits per heavy atom. The van der Waals surface area contributed by atoms with Crippen LogP contribution in [0.25, 0.3) is 0 Å². The van der Waals surface area contributed by atoms with Crippen molar-refractivity contribution < 1.29 is 33.6 Å². The van der Waals surface area contributed by atoms with E-state index in [1.54, 1.807) is 0 Å². The quantitative estimate of drug-likeness (QED) is 0.0768. The Hall–Kier alpha value is -3.79. The highest BCUT2D eigenvalue weighted by atomic mass is 16.2. The number of amides is 7. The predicted octanol–water partition coefficient (Wildman–Crippen LogP) is -4.04. The molecule has 16 nitrogen and oxygen atoms in total. The molecule has 7 amide bonds. The third-order valence-electron chi connectivity index (χ3n) is 5.85. The SMILES string of the molecule is C[C@H](NC(=O)[C@H](C)NC(=O)[C@H](C)NC(=O)[C@H](C)NC(=O)[C@H](C)NC(=O)[C@H](C)NC(=O)[C@@H](N)CCCCN)C(N)=O. The number of hydrogen-bond donors (Lipinski definition) is 9. The molecule has 0 heterocycles. The maximum Gasteiger partial charge on any atom is 0.242 e. The van der Waals surface area contributed by atoms with Crippen LogP contribution in [0.5, 0.6) is 0 Å². The second kappa shape index (κ2) is 17.7. The Kier molecular flexibility index (Phi) is 16.0. The Bertz CT molecular complexity index is 930. The van der Waals surface area contributed by atoms with Gasteiger partial charge in [-0.2, -0.15) is 0 Å². The molecule has 0 aromatic rings. The van der Waals surface area contributed by atoms with E-state index in [0.717, 1.165) is 6.42 Å². The maximum absolute atomic E-state index is 12.5. The van der Waals surface area contributed by atoms with Crippen LogP contribution in [0.3, 0.4) is 0 Å². The minimum atomic E-state index is -1.08. The van der Waals surface area contributed by atoms with Gasteiger partial charge in [-0.25, -0.2) is 0 Å². The number of hydrogen-bond acceptors (Lipinski definition) is 9. The molecule has 0 fully saturated rings. The Morgan fingerprint density at radius 2 is 0.775 bits per heavy atom. The van der Waals surface area contributed by atoms with Gasteiger partial charge in [-0.3, -0.25) is 33.6 Å². The summed E-state index contributed by atoms with van der Waals surface area (Å²) in [4.78, 5) is 85.0. The molecule has 0 aliphatic rings. The van der Waals surface area contributed by atoms with Crippen molar-refractivity contribution in [2.75, 3.05) is 6.54 Å². The van der Waals surface area contributed by atoms with Crippen molar-refractivity contribution in [1.82, 2.24) is 31.9 Å². The van der Waals surface area contributed by atoms with Crippen molar-refractivity contribution in [2.24, 2.45) is 17.2 Å². The van der Waals surface area contributed by atoms with Gasteiger partial charge in [0.2, 0.25) is 41.4 Å². The molecule has 7 atom stereocenters. The minimum absolute atomic E-state index is 0.418. The van der Waals surface area contributed by atoms with Gasteiger partial charge >= 0.3 is 0 Å². The fourth-order valence-electron chi connectivity index (χ4n) is 3.05. The molecule has 0 aromatic heterocycles. The molecule has 0 spiro atoms. The highest BCUT2D eigenvalue weighted by Gasteiger charge is 2.27. The average Bonchev–Trinajstić information content (AvgIpc) is 2.87. The summed E-state index contributed by atoms with van der Waals surface area (Å²) in [7, 11) is 0. The topological polar surface area (TPSA) is 270 Å². The van der Waals surface area contributed by atoms with Gasteiger partial charge in [-0.05, 0) is 60.9 Å². The number of carbonyl (C=O) groups is 7. The molecular formula is C24H45N9O7. The third-order valence-corrected chi connectivity index (χ3v) is 5.85. The smallest absolute Gasteiger partial charge is 0.242 e. The first-order valence-corrected chi connectivity index (χ1v) is 13.1. The van der Waals surface area contributed by atoms with E-state index in [4.69, 9.17) is 17.2 Å². The van der Waals surface area contributed by atoms with Crippen molar-refractivity contribution in [3.63, 3.8) is 0 Å². The fourth-order valence-corrected chi connectivity index (χ4v) is 3.05. The number of nitrogens with one attached hydrogen (secondary N) is 6. The van der Waals surface area contributed by atoms with E-state index < -0.39 is 83.6 Å². The van der Waals surface area contributed by atoms with Crippen molar-refractivity contribution >= 4 is 41.4 Å². The largest absolute Gasteiger partial charge is 0.368 e. The molecule has 0 unspecified atom stereocenters. The number of rotatable bonds is 17. The van der Waals surface area contributed by atoms with Crippen molar-refractivity contribution in [3.8, 4) is 0 Å². The first kappa shape index (κ1) is 36.2. The van der Waals surface area contributed by atoms with Crippen LogP contribution >= 0.6 is 0 Å². The average molecular weight is 572 g/mol. The van der Waals surface area contributed by atoms with E-state index in [0.29, 0.717) is 19.4 Å². The van der Waals surface area contributed by atoms with Crippen LogP contribution in [0.1, 0.15) is 60.8 Å². The Morgan fingerprint density at radius 1 is 0.500 bits per heavy atom. The van der Waals surface area contributed by atoms with E-state index in [1.165, 1.54) is 41.5 Å². The van der Waals surface area contributed by atoms with E-state index in [-0.39, 0.29) is 0 Å². The molecule has 0 aliphatic heterocycles. The lowest BCUT2D eigenvalue weighted by Crippen LogP contribution is -2.57. The van der Waals surface area contributed by atoms with E-state index >= 15 is 0 Å². The highest BCUT2D eigenvalue weighted by molar-refractivity contribution is 5.96. The lowest BCUT2D eigenvalue weighted by atomic mass is 10.1. The van der Waals surface area contributed by atoms with Gasteiger partial charge in [-0.15, -0.1) is 0 Å². The normalized spacial score (nSPS) is 16.0. The molecule has 0 bridgehead atoms. The van der Waals surface area contributed by atoms with Crippen LogP contribution < -0.4 is 49.1 Å². The molecule has 0 aromatic carbocycles. The van der Waals surface area contributed by atoms with Crippen molar-refractivity contribution in [3.05, 3.63) is 0 Å². The number of primary amides is 1. The van der Waals surface area contributed by atoms with Crippen LogP contribution in [0.2, 0.25) is 0 Å². The van der Waals surface area contributed by atoms with E-state index in [2.05, 4.69) is 31.9 Å². The van der Waals surface area contributed by atoms with Crippen LogP contribution in [0.15, 0.2) is 0 Å². The maximum atomic E-state index is 12.5.